The van der Waals surface area contributed by atoms with Crippen LogP contribution < -0.4 is 0 Å². The maximum atomic E-state index is 12.5. The first-order valence-electron chi connectivity index (χ1n) is 7.60. The topological polar surface area (TPSA) is 64.5 Å². The van der Waals surface area contributed by atoms with Crippen LogP contribution >= 0.6 is 0 Å². The summed E-state index contributed by atoms with van der Waals surface area (Å²) in [7, 11) is 0. The van der Waals surface area contributed by atoms with Crippen molar-refractivity contribution in [3.8, 4) is 0 Å². The molecule has 2 aliphatic heterocycles. The van der Waals surface area contributed by atoms with Gasteiger partial charge in [0, 0.05) is 13.2 Å². The highest BCUT2D eigenvalue weighted by Crippen LogP contribution is 2.32. The summed E-state index contributed by atoms with van der Waals surface area (Å²) >= 11 is 0. The standard InChI is InChI=1S/C15H21N3O3/c1-2-20-10-12-3-4-13-14(21-12)6-8-18(13)15(19)11-5-7-16-17-9-11/h5,7,9,12-14H,2-4,6,8,10H2,1H3/t12-,13+,14+/m0/s1. The zero-order valence-electron chi connectivity index (χ0n) is 12.3. The normalized spacial score (nSPS) is 28.4. The van der Waals surface area contributed by atoms with E-state index in [1.165, 1.54) is 6.20 Å². The van der Waals surface area contributed by atoms with Gasteiger partial charge in [-0.15, -0.1) is 0 Å². The Morgan fingerprint density at radius 3 is 3.10 bits per heavy atom. The molecule has 3 atom stereocenters. The summed E-state index contributed by atoms with van der Waals surface area (Å²) in [5.41, 5.74) is 0.599. The molecule has 2 fully saturated rings. The average Bonchev–Trinajstić information content (AvgIpc) is 2.96. The number of carbonyl (C=O) groups is 1. The van der Waals surface area contributed by atoms with Crippen molar-refractivity contribution in [1.29, 1.82) is 0 Å². The number of rotatable bonds is 4. The van der Waals surface area contributed by atoms with Gasteiger partial charge in [0.25, 0.3) is 5.91 Å². The minimum absolute atomic E-state index is 0.0317. The van der Waals surface area contributed by atoms with Crippen LogP contribution in [0.5, 0.6) is 0 Å². The number of amides is 1. The molecule has 2 saturated heterocycles. The van der Waals surface area contributed by atoms with Crippen molar-refractivity contribution < 1.29 is 14.3 Å². The molecule has 3 rings (SSSR count). The van der Waals surface area contributed by atoms with Gasteiger partial charge in [0.15, 0.2) is 0 Å². The average molecular weight is 291 g/mol. The summed E-state index contributed by atoms with van der Waals surface area (Å²) in [5, 5.41) is 7.50. The number of fused-ring (bicyclic) bond motifs is 1. The van der Waals surface area contributed by atoms with E-state index in [0.717, 1.165) is 25.8 Å². The molecular weight excluding hydrogens is 270 g/mol. The first-order valence-corrected chi connectivity index (χ1v) is 7.60. The second-order valence-corrected chi connectivity index (χ2v) is 5.52. The predicted octanol–water partition coefficient (Wildman–Crippen LogP) is 1.28. The molecule has 0 radical (unpaired) electrons. The Hall–Kier alpha value is -1.53. The van der Waals surface area contributed by atoms with Gasteiger partial charge in [-0.05, 0) is 32.3 Å². The Bertz CT molecular complexity index is 482. The quantitative estimate of drug-likeness (QED) is 0.836. The van der Waals surface area contributed by atoms with Crippen LogP contribution in [0.2, 0.25) is 0 Å². The van der Waals surface area contributed by atoms with Crippen LogP contribution in [0, 0.1) is 0 Å². The third kappa shape index (κ3) is 3.06. The van der Waals surface area contributed by atoms with E-state index in [4.69, 9.17) is 9.47 Å². The molecular formula is C15H21N3O3. The number of ether oxygens (including phenoxy) is 2. The summed E-state index contributed by atoms with van der Waals surface area (Å²) < 4.78 is 11.5. The monoisotopic (exact) mass is 291 g/mol. The number of carbonyl (C=O) groups excluding carboxylic acids is 1. The Morgan fingerprint density at radius 2 is 2.33 bits per heavy atom. The van der Waals surface area contributed by atoms with Gasteiger partial charge in [-0.25, -0.2) is 0 Å². The molecule has 1 amide bonds. The van der Waals surface area contributed by atoms with Gasteiger partial charge in [-0.3, -0.25) is 4.79 Å². The van der Waals surface area contributed by atoms with Crippen LogP contribution in [0.3, 0.4) is 0 Å². The molecule has 0 saturated carbocycles. The highest BCUT2D eigenvalue weighted by Gasteiger charge is 2.42. The second kappa shape index (κ2) is 6.49. The van der Waals surface area contributed by atoms with Crippen molar-refractivity contribution in [2.75, 3.05) is 19.8 Å². The van der Waals surface area contributed by atoms with E-state index in [2.05, 4.69) is 10.2 Å². The fourth-order valence-electron chi connectivity index (χ4n) is 3.20. The fourth-order valence-corrected chi connectivity index (χ4v) is 3.20. The van der Waals surface area contributed by atoms with Gasteiger partial charge in [-0.2, -0.15) is 10.2 Å². The lowest BCUT2D eigenvalue weighted by molar-refractivity contribution is -0.0951. The van der Waals surface area contributed by atoms with Crippen molar-refractivity contribution in [3.63, 3.8) is 0 Å². The molecule has 0 aliphatic carbocycles. The summed E-state index contributed by atoms with van der Waals surface area (Å²) in [6.07, 6.45) is 6.21. The zero-order valence-corrected chi connectivity index (χ0v) is 12.3. The summed E-state index contributed by atoms with van der Waals surface area (Å²) in [5.74, 6) is 0.0317. The van der Waals surface area contributed by atoms with E-state index < -0.39 is 0 Å². The number of hydrogen-bond acceptors (Lipinski definition) is 5. The predicted molar refractivity (Wildman–Crippen MR) is 75.9 cm³/mol. The molecule has 0 unspecified atom stereocenters. The van der Waals surface area contributed by atoms with E-state index in [-0.39, 0.29) is 24.2 Å². The highest BCUT2D eigenvalue weighted by molar-refractivity contribution is 5.94. The van der Waals surface area contributed by atoms with E-state index in [0.29, 0.717) is 18.8 Å². The Morgan fingerprint density at radius 1 is 1.43 bits per heavy atom. The Balaban J connectivity index is 1.62. The third-order valence-corrected chi connectivity index (χ3v) is 4.24. The Labute approximate surface area is 124 Å². The molecule has 21 heavy (non-hydrogen) atoms. The maximum Gasteiger partial charge on any atom is 0.255 e. The molecule has 1 aromatic heterocycles. The van der Waals surface area contributed by atoms with Gasteiger partial charge in [0.1, 0.15) is 0 Å². The van der Waals surface area contributed by atoms with Crippen LogP contribution in [0.15, 0.2) is 18.5 Å². The van der Waals surface area contributed by atoms with Crippen LogP contribution in [0.4, 0.5) is 0 Å². The second-order valence-electron chi connectivity index (χ2n) is 5.52. The third-order valence-electron chi connectivity index (χ3n) is 4.24. The first kappa shape index (κ1) is 14.4. The summed E-state index contributed by atoms with van der Waals surface area (Å²) in [6, 6.07) is 1.90. The fraction of sp³-hybridized carbons (Fsp3) is 0.667. The lowest BCUT2D eigenvalue weighted by Crippen LogP contribution is -2.46. The smallest absolute Gasteiger partial charge is 0.255 e. The van der Waals surface area contributed by atoms with Crippen molar-refractivity contribution >= 4 is 5.91 Å². The minimum Gasteiger partial charge on any atom is -0.379 e. The van der Waals surface area contributed by atoms with Crippen molar-refractivity contribution in [3.05, 3.63) is 24.0 Å². The molecule has 2 aliphatic rings. The number of aromatic nitrogens is 2. The van der Waals surface area contributed by atoms with Crippen LogP contribution in [0.1, 0.15) is 36.5 Å². The SMILES string of the molecule is CCOC[C@@H]1CC[C@@H]2[C@@H](CCN2C(=O)c2ccnnc2)O1. The van der Waals surface area contributed by atoms with Crippen molar-refractivity contribution in [2.24, 2.45) is 0 Å². The van der Waals surface area contributed by atoms with E-state index in [9.17, 15) is 4.79 Å². The maximum absolute atomic E-state index is 12.5. The van der Waals surface area contributed by atoms with Crippen molar-refractivity contribution in [1.82, 2.24) is 15.1 Å². The summed E-state index contributed by atoms with van der Waals surface area (Å²) in [6.45, 7) is 4.11. The van der Waals surface area contributed by atoms with Gasteiger partial charge >= 0.3 is 0 Å². The van der Waals surface area contributed by atoms with Crippen LogP contribution in [-0.4, -0.2) is 59.0 Å². The van der Waals surface area contributed by atoms with E-state index >= 15 is 0 Å². The molecule has 0 aromatic carbocycles. The Kier molecular flexibility index (Phi) is 4.45. The molecule has 3 heterocycles. The molecule has 6 nitrogen and oxygen atoms in total. The van der Waals surface area contributed by atoms with Gasteiger partial charge in [0.2, 0.25) is 0 Å². The first-order chi connectivity index (χ1) is 10.3. The molecule has 114 valence electrons. The number of likely N-dealkylation sites (tertiary alicyclic amines) is 1. The molecule has 6 heteroatoms. The molecule has 0 spiro atoms. The van der Waals surface area contributed by atoms with Crippen molar-refractivity contribution in [2.45, 2.75) is 44.4 Å². The molecule has 0 N–H and O–H groups in total. The number of nitrogens with zero attached hydrogens (tertiary/aromatic N) is 3. The van der Waals surface area contributed by atoms with Gasteiger partial charge in [0.05, 0.1) is 42.8 Å². The highest BCUT2D eigenvalue weighted by atomic mass is 16.5. The van der Waals surface area contributed by atoms with E-state index in [1.54, 1.807) is 12.3 Å². The number of hydrogen-bond donors (Lipinski definition) is 0. The zero-order chi connectivity index (χ0) is 14.7. The van der Waals surface area contributed by atoms with Gasteiger partial charge in [-0.1, -0.05) is 0 Å². The lowest BCUT2D eigenvalue weighted by atomic mass is 9.99. The van der Waals surface area contributed by atoms with E-state index in [1.807, 2.05) is 11.8 Å². The van der Waals surface area contributed by atoms with Gasteiger partial charge < -0.3 is 14.4 Å². The van der Waals surface area contributed by atoms with Crippen LogP contribution in [0.25, 0.3) is 0 Å². The molecule has 1 aromatic rings. The minimum atomic E-state index is 0.0317. The molecule has 0 bridgehead atoms. The lowest BCUT2D eigenvalue weighted by Gasteiger charge is -2.35. The largest absolute Gasteiger partial charge is 0.379 e. The van der Waals surface area contributed by atoms with Crippen LogP contribution in [-0.2, 0) is 9.47 Å². The summed E-state index contributed by atoms with van der Waals surface area (Å²) in [4.78, 5) is 14.5.